The predicted octanol–water partition coefficient (Wildman–Crippen LogP) is 2.93. The summed E-state index contributed by atoms with van der Waals surface area (Å²) in [6.45, 7) is 3.44. The summed E-state index contributed by atoms with van der Waals surface area (Å²) < 4.78 is 72.9. The van der Waals surface area contributed by atoms with Crippen molar-refractivity contribution in [2.75, 3.05) is 4.72 Å². The number of hydrogen-bond acceptors (Lipinski definition) is 2. The number of rotatable bonds is 5. The van der Waals surface area contributed by atoms with Crippen LogP contribution in [0.25, 0.3) is 6.08 Å². The third kappa shape index (κ3) is 2.81. The van der Waals surface area contributed by atoms with Crippen LogP contribution in [0.1, 0.15) is 5.56 Å². The fraction of sp³-hybridized carbons (Fsp3) is 0.200. The second kappa shape index (κ2) is 4.97. The van der Waals surface area contributed by atoms with Gasteiger partial charge in [0, 0.05) is 5.69 Å². The fourth-order valence-electron chi connectivity index (χ4n) is 1.03. The standard InChI is InChI=1S/C10H9F4NO2S/c1-2-7-3-5-8(6-4-7)15-18(16,17)10(13,14)9(11)12/h2-6,9,15H,1H2. The summed E-state index contributed by atoms with van der Waals surface area (Å²) in [5.41, 5.74) is 0.388. The molecule has 0 fully saturated rings. The third-order valence-corrected chi connectivity index (χ3v) is 3.41. The molecule has 0 heterocycles. The second-order valence-corrected chi connectivity index (χ2v) is 5.05. The Kier molecular flexibility index (Phi) is 4.00. The SMILES string of the molecule is C=Cc1ccc(NS(=O)(=O)C(F)(F)C(F)F)cc1. The number of halogens is 4. The predicted molar refractivity (Wildman–Crippen MR) is 60.0 cm³/mol. The molecule has 0 saturated heterocycles. The van der Waals surface area contributed by atoms with Crippen molar-refractivity contribution < 1.29 is 26.0 Å². The van der Waals surface area contributed by atoms with E-state index in [9.17, 15) is 26.0 Å². The van der Waals surface area contributed by atoms with E-state index in [4.69, 9.17) is 0 Å². The van der Waals surface area contributed by atoms with Crippen LogP contribution in [0.5, 0.6) is 0 Å². The molecule has 0 aliphatic carbocycles. The average molecular weight is 283 g/mol. The minimum Gasteiger partial charge on any atom is -0.278 e. The highest BCUT2D eigenvalue weighted by atomic mass is 32.2. The summed E-state index contributed by atoms with van der Waals surface area (Å²) in [7, 11) is -5.49. The lowest BCUT2D eigenvalue weighted by molar-refractivity contribution is -0.0632. The van der Waals surface area contributed by atoms with Crippen LogP contribution in [0.3, 0.4) is 0 Å². The molecule has 18 heavy (non-hydrogen) atoms. The summed E-state index contributed by atoms with van der Waals surface area (Å²) >= 11 is 0. The number of sulfonamides is 1. The lowest BCUT2D eigenvalue weighted by Crippen LogP contribution is -2.40. The molecule has 0 atom stereocenters. The molecule has 0 radical (unpaired) electrons. The lowest BCUT2D eigenvalue weighted by Gasteiger charge is -2.17. The molecule has 0 bridgehead atoms. The number of anilines is 1. The van der Waals surface area contributed by atoms with E-state index >= 15 is 0 Å². The van der Waals surface area contributed by atoms with Gasteiger partial charge in [-0.15, -0.1) is 0 Å². The van der Waals surface area contributed by atoms with Gasteiger partial charge in [0.25, 0.3) is 0 Å². The summed E-state index contributed by atoms with van der Waals surface area (Å²) in [6.07, 6.45) is -2.85. The van der Waals surface area contributed by atoms with Gasteiger partial charge in [-0.3, -0.25) is 4.72 Å². The van der Waals surface area contributed by atoms with Crippen molar-refractivity contribution in [3.63, 3.8) is 0 Å². The zero-order valence-corrected chi connectivity index (χ0v) is 9.72. The fourth-order valence-corrected chi connectivity index (χ4v) is 1.84. The Labute approximate surface area is 101 Å². The normalized spacial score (nSPS) is 12.5. The van der Waals surface area contributed by atoms with Gasteiger partial charge < -0.3 is 0 Å². The molecule has 1 aromatic carbocycles. The summed E-state index contributed by atoms with van der Waals surface area (Å²) in [5.74, 6) is 0. The second-order valence-electron chi connectivity index (χ2n) is 3.29. The lowest BCUT2D eigenvalue weighted by atomic mass is 10.2. The van der Waals surface area contributed by atoms with Crippen molar-refractivity contribution in [1.82, 2.24) is 0 Å². The molecule has 0 aliphatic heterocycles. The molecule has 0 aromatic heterocycles. The molecule has 0 unspecified atom stereocenters. The monoisotopic (exact) mass is 283 g/mol. The molecule has 3 nitrogen and oxygen atoms in total. The molecule has 1 aromatic rings. The molecule has 100 valence electrons. The van der Waals surface area contributed by atoms with Gasteiger partial charge in [-0.05, 0) is 17.7 Å². The molecule has 8 heteroatoms. The number of hydrogen-bond donors (Lipinski definition) is 1. The Bertz CT molecular complexity index is 525. The van der Waals surface area contributed by atoms with E-state index in [-0.39, 0.29) is 5.69 Å². The minimum absolute atomic E-state index is 0.235. The Balaban J connectivity index is 2.99. The van der Waals surface area contributed by atoms with Crippen molar-refractivity contribution in [1.29, 1.82) is 0 Å². The maximum Gasteiger partial charge on any atom is 0.422 e. The van der Waals surface area contributed by atoms with E-state index in [1.165, 1.54) is 22.9 Å². The van der Waals surface area contributed by atoms with Crippen LogP contribution in [0.4, 0.5) is 23.2 Å². The smallest absolute Gasteiger partial charge is 0.278 e. The largest absolute Gasteiger partial charge is 0.422 e. The van der Waals surface area contributed by atoms with Gasteiger partial charge in [0.1, 0.15) is 0 Å². The molecule has 0 aliphatic rings. The van der Waals surface area contributed by atoms with Crippen LogP contribution >= 0.6 is 0 Å². The van der Waals surface area contributed by atoms with E-state index in [2.05, 4.69) is 6.58 Å². The Hall–Kier alpha value is -1.57. The number of benzene rings is 1. The van der Waals surface area contributed by atoms with Gasteiger partial charge in [-0.25, -0.2) is 8.78 Å². The van der Waals surface area contributed by atoms with Crippen LogP contribution in [0, 0.1) is 0 Å². The summed E-state index contributed by atoms with van der Waals surface area (Å²) in [6, 6.07) is 5.11. The maximum absolute atomic E-state index is 12.7. The summed E-state index contributed by atoms with van der Waals surface area (Å²) in [5, 5.41) is -5.15. The molecular formula is C10H9F4NO2S. The first-order valence-corrected chi connectivity index (χ1v) is 6.10. The van der Waals surface area contributed by atoms with Crippen LogP contribution in [0.15, 0.2) is 30.8 Å². The van der Waals surface area contributed by atoms with Crippen molar-refractivity contribution in [3.8, 4) is 0 Å². The Morgan fingerprint density at radius 3 is 2.11 bits per heavy atom. The van der Waals surface area contributed by atoms with Crippen molar-refractivity contribution in [3.05, 3.63) is 36.4 Å². The zero-order valence-electron chi connectivity index (χ0n) is 8.91. The molecule has 0 saturated carbocycles. The number of alkyl halides is 4. The van der Waals surface area contributed by atoms with Crippen LogP contribution < -0.4 is 4.72 Å². The van der Waals surface area contributed by atoms with Crippen LogP contribution in [-0.4, -0.2) is 20.1 Å². The van der Waals surface area contributed by atoms with Crippen LogP contribution in [-0.2, 0) is 10.0 Å². The van der Waals surface area contributed by atoms with E-state index in [1.54, 1.807) is 0 Å². The quantitative estimate of drug-likeness (QED) is 0.844. The first kappa shape index (κ1) is 14.5. The first-order valence-electron chi connectivity index (χ1n) is 4.61. The topological polar surface area (TPSA) is 46.2 Å². The summed E-state index contributed by atoms with van der Waals surface area (Å²) in [4.78, 5) is 0. The highest BCUT2D eigenvalue weighted by Crippen LogP contribution is 2.30. The van der Waals surface area contributed by atoms with Gasteiger partial charge in [0.2, 0.25) is 0 Å². The highest BCUT2D eigenvalue weighted by molar-refractivity contribution is 7.93. The molecular weight excluding hydrogens is 274 g/mol. The molecule has 1 N–H and O–H groups in total. The van der Waals surface area contributed by atoms with E-state index in [1.807, 2.05) is 0 Å². The van der Waals surface area contributed by atoms with Gasteiger partial charge in [0.05, 0.1) is 0 Å². The first-order chi connectivity index (χ1) is 8.20. The maximum atomic E-state index is 12.7. The van der Waals surface area contributed by atoms with E-state index in [0.29, 0.717) is 5.56 Å². The molecule has 1 rings (SSSR count). The number of nitrogens with one attached hydrogen (secondary N) is 1. The van der Waals surface area contributed by atoms with E-state index < -0.39 is 21.7 Å². The van der Waals surface area contributed by atoms with Gasteiger partial charge in [-0.1, -0.05) is 24.8 Å². The van der Waals surface area contributed by atoms with Crippen LogP contribution in [0.2, 0.25) is 0 Å². The average Bonchev–Trinajstić information content (AvgIpc) is 2.29. The Morgan fingerprint density at radius 1 is 1.22 bits per heavy atom. The van der Waals surface area contributed by atoms with Gasteiger partial charge in [0.15, 0.2) is 0 Å². The van der Waals surface area contributed by atoms with Crippen molar-refractivity contribution in [2.24, 2.45) is 0 Å². The minimum atomic E-state index is -5.49. The molecule has 0 spiro atoms. The molecule has 0 amide bonds. The van der Waals surface area contributed by atoms with Gasteiger partial charge in [-0.2, -0.15) is 17.2 Å². The third-order valence-electron chi connectivity index (χ3n) is 2.01. The van der Waals surface area contributed by atoms with Crippen molar-refractivity contribution in [2.45, 2.75) is 11.7 Å². The Morgan fingerprint density at radius 2 is 1.72 bits per heavy atom. The highest BCUT2D eigenvalue weighted by Gasteiger charge is 2.54. The zero-order chi connectivity index (χ0) is 14.0. The van der Waals surface area contributed by atoms with Gasteiger partial charge >= 0.3 is 21.7 Å². The van der Waals surface area contributed by atoms with Crippen molar-refractivity contribution >= 4 is 21.8 Å². The van der Waals surface area contributed by atoms with E-state index in [0.717, 1.165) is 12.1 Å².